The molecule has 3 rings (SSSR count). The molecule has 0 saturated carbocycles. The molecule has 0 radical (unpaired) electrons. The first-order valence-electron chi connectivity index (χ1n) is 6.13. The van der Waals surface area contributed by atoms with E-state index in [1.54, 1.807) is 24.3 Å². The second kappa shape index (κ2) is 5.08. The lowest BCUT2D eigenvalue weighted by atomic mass is 10.1. The summed E-state index contributed by atoms with van der Waals surface area (Å²) in [6.45, 7) is 1.13. The van der Waals surface area contributed by atoms with Gasteiger partial charge in [0.25, 0.3) is 5.91 Å². The fourth-order valence-corrected chi connectivity index (χ4v) is 2.03. The van der Waals surface area contributed by atoms with Crippen LogP contribution < -0.4 is 5.32 Å². The minimum atomic E-state index is -0.150. The van der Waals surface area contributed by atoms with E-state index in [2.05, 4.69) is 20.8 Å². The van der Waals surface area contributed by atoms with Crippen LogP contribution in [-0.2, 0) is 4.79 Å². The number of tetrazole rings is 1. The lowest BCUT2D eigenvalue weighted by Gasteiger charge is -2.26. The third kappa shape index (κ3) is 2.35. The van der Waals surface area contributed by atoms with Crippen molar-refractivity contribution in [3.05, 3.63) is 36.2 Å². The number of amides is 2. The van der Waals surface area contributed by atoms with Crippen molar-refractivity contribution < 1.29 is 9.59 Å². The lowest BCUT2D eigenvalue weighted by Crippen LogP contribution is -2.49. The third-order valence-corrected chi connectivity index (χ3v) is 3.05. The van der Waals surface area contributed by atoms with Gasteiger partial charge in [0, 0.05) is 18.7 Å². The fourth-order valence-electron chi connectivity index (χ4n) is 2.03. The van der Waals surface area contributed by atoms with Crippen LogP contribution in [0.3, 0.4) is 0 Å². The molecule has 0 atom stereocenters. The maximum Gasteiger partial charge on any atom is 0.254 e. The van der Waals surface area contributed by atoms with Crippen molar-refractivity contribution in [2.24, 2.45) is 0 Å². The molecular formula is C12H12N6O2. The molecule has 2 heterocycles. The Morgan fingerprint density at radius 2 is 2.05 bits per heavy atom. The first-order chi connectivity index (χ1) is 9.74. The summed E-state index contributed by atoms with van der Waals surface area (Å²) < 4.78 is 1.50. The van der Waals surface area contributed by atoms with Crippen LogP contribution in [0.1, 0.15) is 10.4 Å². The molecule has 2 amide bonds. The maximum atomic E-state index is 12.2. The van der Waals surface area contributed by atoms with Crippen LogP contribution in [-0.4, -0.2) is 56.6 Å². The highest BCUT2D eigenvalue weighted by atomic mass is 16.2. The molecule has 8 heteroatoms. The number of benzene rings is 1. The summed E-state index contributed by atoms with van der Waals surface area (Å²) in [5.41, 5.74) is 1.31. The van der Waals surface area contributed by atoms with Gasteiger partial charge in [0.05, 0.1) is 12.2 Å². The zero-order valence-electron chi connectivity index (χ0n) is 10.6. The molecule has 1 aliphatic rings. The van der Waals surface area contributed by atoms with Gasteiger partial charge >= 0.3 is 0 Å². The Hall–Kier alpha value is -2.77. The largest absolute Gasteiger partial charge is 0.353 e. The summed E-state index contributed by atoms with van der Waals surface area (Å²) in [5.74, 6) is -0.280. The summed E-state index contributed by atoms with van der Waals surface area (Å²) in [5, 5.41) is 13.6. The molecule has 8 nitrogen and oxygen atoms in total. The summed E-state index contributed by atoms with van der Waals surface area (Å²) in [6.07, 6.45) is 1.48. The maximum absolute atomic E-state index is 12.2. The molecule has 1 fully saturated rings. The van der Waals surface area contributed by atoms with E-state index in [0.29, 0.717) is 18.7 Å². The number of piperazine rings is 1. The van der Waals surface area contributed by atoms with E-state index < -0.39 is 0 Å². The highest BCUT2D eigenvalue weighted by Gasteiger charge is 2.22. The molecule has 2 aromatic rings. The number of nitrogens with zero attached hydrogens (tertiary/aromatic N) is 5. The van der Waals surface area contributed by atoms with Crippen LogP contribution in [0.5, 0.6) is 0 Å². The van der Waals surface area contributed by atoms with Gasteiger partial charge in [-0.3, -0.25) is 9.59 Å². The van der Waals surface area contributed by atoms with E-state index in [1.165, 1.54) is 15.9 Å². The van der Waals surface area contributed by atoms with E-state index in [1.807, 2.05) is 0 Å². The standard InChI is InChI=1S/C12H12N6O2/c19-11-7-17(6-5-13-11)12(20)9-1-3-10(4-2-9)18-8-14-15-16-18/h1-4,8H,5-7H2,(H,13,19). The van der Waals surface area contributed by atoms with Crippen LogP contribution in [0.4, 0.5) is 0 Å². The Labute approximate surface area is 114 Å². The first-order valence-corrected chi connectivity index (χ1v) is 6.13. The monoisotopic (exact) mass is 272 g/mol. The lowest BCUT2D eigenvalue weighted by molar-refractivity contribution is -0.123. The molecular weight excluding hydrogens is 260 g/mol. The van der Waals surface area contributed by atoms with Crippen LogP contribution >= 0.6 is 0 Å². The summed E-state index contributed by atoms with van der Waals surface area (Å²) in [7, 11) is 0. The molecule has 0 unspecified atom stereocenters. The predicted octanol–water partition coefficient (Wildman–Crippen LogP) is -0.766. The SMILES string of the molecule is O=C1CN(C(=O)c2ccc(-n3cnnn3)cc2)CCN1. The topological polar surface area (TPSA) is 93.0 Å². The fraction of sp³-hybridized carbons (Fsp3) is 0.250. The molecule has 0 bridgehead atoms. The zero-order valence-corrected chi connectivity index (χ0v) is 10.6. The van der Waals surface area contributed by atoms with Crippen molar-refractivity contribution in [1.29, 1.82) is 0 Å². The molecule has 1 N–H and O–H groups in total. The quantitative estimate of drug-likeness (QED) is 0.775. The molecule has 0 spiro atoms. The van der Waals surface area contributed by atoms with Gasteiger partial charge in [0.2, 0.25) is 5.91 Å². The first kappa shape index (κ1) is 12.3. The molecule has 102 valence electrons. The second-order valence-corrected chi connectivity index (χ2v) is 4.38. The molecule has 1 aliphatic heterocycles. The van der Waals surface area contributed by atoms with Gasteiger partial charge < -0.3 is 10.2 Å². The Kier molecular flexibility index (Phi) is 3.12. The number of hydrogen-bond acceptors (Lipinski definition) is 5. The highest BCUT2D eigenvalue weighted by Crippen LogP contribution is 2.10. The Morgan fingerprint density at radius 1 is 1.25 bits per heavy atom. The van der Waals surface area contributed by atoms with E-state index in [9.17, 15) is 9.59 Å². The van der Waals surface area contributed by atoms with Crippen molar-refractivity contribution in [1.82, 2.24) is 30.4 Å². The Bertz CT molecular complexity index is 622. The summed E-state index contributed by atoms with van der Waals surface area (Å²) in [4.78, 5) is 25.1. The molecule has 1 aromatic carbocycles. The number of rotatable bonds is 2. The molecule has 0 aliphatic carbocycles. The van der Waals surface area contributed by atoms with Crippen molar-refractivity contribution >= 4 is 11.8 Å². The summed E-state index contributed by atoms with van der Waals surface area (Å²) in [6, 6.07) is 6.92. The second-order valence-electron chi connectivity index (χ2n) is 4.38. The van der Waals surface area contributed by atoms with E-state index in [-0.39, 0.29) is 18.4 Å². The molecule has 20 heavy (non-hydrogen) atoms. The van der Waals surface area contributed by atoms with Gasteiger partial charge in [0.1, 0.15) is 6.33 Å². The van der Waals surface area contributed by atoms with Gasteiger partial charge in [-0.2, -0.15) is 0 Å². The van der Waals surface area contributed by atoms with Crippen LogP contribution in [0, 0.1) is 0 Å². The third-order valence-electron chi connectivity index (χ3n) is 3.05. The number of nitrogens with one attached hydrogen (secondary N) is 1. The van der Waals surface area contributed by atoms with Crippen molar-refractivity contribution in [2.75, 3.05) is 19.6 Å². The Morgan fingerprint density at radius 3 is 2.70 bits per heavy atom. The predicted molar refractivity (Wildman–Crippen MR) is 68.1 cm³/mol. The molecule has 1 aromatic heterocycles. The zero-order chi connectivity index (χ0) is 13.9. The van der Waals surface area contributed by atoms with E-state index in [4.69, 9.17) is 0 Å². The van der Waals surface area contributed by atoms with Crippen LogP contribution in [0.25, 0.3) is 5.69 Å². The smallest absolute Gasteiger partial charge is 0.254 e. The average molecular weight is 272 g/mol. The number of aromatic nitrogens is 4. The summed E-state index contributed by atoms with van der Waals surface area (Å²) >= 11 is 0. The van der Waals surface area contributed by atoms with Crippen molar-refractivity contribution in [3.8, 4) is 5.69 Å². The Balaban J connectivity index is 1.77. The van der Waals surface area contributed by atoms with Crippen LogP contribution in [0.2, 0.25) is 0 Å². The van der Waals surface area contributed by atoms with Gasteiger partial charge in [-0.25, -0.2) is 4.68 Å². The number of carbonyl (C=O) groups excluding carboxylic acids is 2. The van der Waals surface area contributed by atoms with E-state index >= 15 is 0 Å². The number of hydrogen-bond donors (Lipinski definition) is 1. The van der Waals surface area contributed by atoms with E-state index in [0.717, 1.165) is 5.69 Å². The van der Waals surface area contributed by atoms with Gasteiger partial charge in [0.15, 0.2) is 0 Å². The van der Waals surface area contributed by atoms with Crippen molar-refractivity contribution in [2.45, 2.75) is 0 Å². The van der Waals surface area contributed by atoms with Gasteiger partial charge in [-0.05, 0) is 34.7 Å². The minimum Gasteiger partial charge on any atom is -0.353 e. The van der Waals surface area contributed by atoms with Crippen molar-refractivity contribution in [3.63, 3.8) is 0 Å². The molecule has 1 saturated heterocycles. The van der Waals surface area contributed by atoms with Crippen LogP contribution in [0.15, 0.2) is 30.6 Å². The normalized spacial score (nSPS) is 15.0. The highest BCUT2D eigenvalue weighted by molar-refractivity contribution is 5.97. The number of carbonyl (C=O) groups is 2. The minimum absolute atomic E-state index is 0.105. The van der Waals surface area contributed by atoms with Gasteiger partial charge in [-0.15, -0.1) is 5.10 Å². The van der Waals surface area contributed by atoms with Gasteiger partial charge in [-0.1, -0.05) is 0 Å². The average Bonchev–Trinajstić information content (AvgIpc) is 3.01.